The van der Waals surface area contributed by atoms with E-state index in [2.05, 4.69) is 20.9 Å². The Balaban J connectivity index is 3.07. The van der Waals surface area contributed by atoms with Gasteiger partial charge in [0.05, 0.1) is 9.98 Å². The Hall–Kier alpha value is -0.680. The van der Waals surface area contributed by atoms with Gasteiger partial charge in [-0.15, -0.1) is 11.3 Å². The summed E-state index contributed by atoms with van der Waals surface area (Å²) in [6, 6.07) is 0. The molecule has 0 aromatic carbocycles. The fraction of sp³-hybridized carbons (Fsp3) is 0.143. The fourth-order valence-electron chi connectivity index (χ4n) is 1.02. The summed E-state index contributed by atoms with van der Waals surface area (Å²) in [7, 11) is 1.73. The molecular formula is C7H5BrN2OS. The van der Waals surface area contributed by atoms with Crippen molar-refractivity contribution in [1.29, 1.82) is 0 Å². The molecule has 0 N–H and O–H groups in total. The van der Waals surface area contributed by atoms with Crippen molar-refractivity contribution in [2.24, 2.45) is 7.05 Å². The van der Waals surface area contributed by atoms with Gasteiger partial charge in [0.15, 0.2) is 0 Å². The van der Waals surface area contributed by atoms with Crippen LogP contribution in [0.3, 0.4) is 0 Å². The number of aryl methyl sites for hydroxylation is 1. The van der Waals surface area contributed by atoms with E-state index in [9.17, 15) is 4.79 Å². The number of rotatable bonds is 0. The van der Waals surface area contributed by atoms with Crippen LogP contribution < -0.4 is 5.56 Å². The third kappa shape index (κ3) is 1.01. The smallest absolute Gasteiger partial charge is 0.269 e. The minimum absolute atomic E-state index is 0.00991. The lowest BCUT2D eigenvalue weighted by Gasteiger charge is -1.97. The number of pyridine rings is 1. The van der Waals surface area contributed by atoms with E-state index in [1.807, 2.05) is 0 Å². The summed E-state index contributed by atoms with van der Waals surface area (Å²) in [5.74, 6) is 0. The average molecular weight is 245 g/mol. The van der Waals surface area contributed by atoms with Crippen LogP contribution in [0.25, 0.3) is 10.2 Å². The number of hydrogen-bond donors (Lipinski definition) is 0. The van der Waals surface area contributed by atoms with Gasteiger partial charge in [-0.1, -0.05) is 0 Å². The van der Waals surface area contributed by atoms with E-state index in [0.29, 0.717) is 4.70 Å². The summed E-state index contributed by atoms with van der Waals surface area (Å²) in [4.78, 5) is 15.5. The second-order valence-corrected chi connectivity index (χ2v) is 4.13. The molecule has 0 unspecified atom stereocenters. The van der Waals surface area contributed by atoms with Crippen molar-refractivity contribution >= 4 is 37.5 Å². The predicted molar refractivity (Wildman–Crippen MR) is 52.6 cm³/mol. The van der Waals surface area contributed by atoms with Crippen LogP contribution >= 0.6 is 27.3 Å². The van der Waals surface area contributed by atoms with Crippen molar-refractivity contribution in [3.63, 3.8) is 0 Å². The van der Waals surface area contributed by atoms with Crippen LogP contribution in [0, 0.1) is 0 Å². The zero-order chi connectivity index (χ0) is 8.72. The molecule has 0 aliphatic rings. The molecule has 0 fully saturated rings. The van der Waals surface area contributed by atoms with E-state index < -0.39 is 0 Å². The summed E-state index contributed by atoms with van der Waals surface area (Å²) in [5, 5.41) is 0. The molecule has 0 amide bonds. The second kappa shape index (κ2) is 2.67. The Bertz CT molecular complexity index is 488. The largest absolute Gasteiger partial charge is 0.316 e. The lowest BCUT2D eigenvalue weighted by molar-refractivity contribution is 0.870. The van der Waals surface area contributed by atoms with Crippen molar-refractivity contribution in [2.45, 2.75) is 0 Å². The average Bonchev–Trinajstić information content (AvgIpc) is 2.48. The van der Waals surface area contributed by atoms with Crippen LogP contribution in [-0.2, 0) is 7.05 Å². The molecule has 0 bridgehead atoms. The van der Waals surface area contributed by atoms with Crippen molar-refractivity contribution in [1.82, 2.24) is 9.55 Å². The fourth-order valence-corrected chi connectivity index (χ4v) is 2.54. The Morgan fingerprint density at radius 1 is 1.67 bits per heavy atom. The first kappa shape index (κ1) is 7.94. The Morgan fingerprint density at radius 2 is 2.42 bits per heavy atom. The minimum atomic E-state index is 0.00991. The van der Waals surface area contributed by atoms with Gasteiger partial charge >= 0.3 is 0 Å². The van der Waals surface area contributed by atoms with Crippen molar-refractivity contribution < 1.29 is 0 Å². The van der Waals surface area contributed by atoms with E-state index in [1.54, 1.807) is 23.3 Å². The molecule has 0 aliphatic heterocycles. The summed E-state index contributed by atoms with van der Waals surface area (Å²) in [6.07, 6.45) is 1.73. The highest BCUT2D eigenvalue weighted by Gasteiger charge is 2.06. The first-order valence-electron chi connectivity index (χ1n) is 3.28. The van der Waals surface area contributed by atoms with Crippen LogP contribution in [0.15, 0.2) is 21.0 Å². The molecular weight excluding hydrogens is 240 g/mol. The monoisotopic (exact) mass is 244 g/mol. The number of fused-ring (bicyclic) bond motifs is 1. The van der Waals surface area contributed by atoms with Crippen molar-refractivity contribution in [3.8, 4) is 0 Å². The number of halogens is 1. The van der Waals surface area contributed by atoms with Crippen LogP contribution in [0.2, 0.25) is 0 Å². The van der Waals surface area contributed by atoms with Gasteiger partial charge in [0.25, 0.3) is 5.56 Å². The zero-order valence-corrected chi connectivity index (χ0v) is 8.65. The molecule has 2 aromatic rings. The molecule has 0 aliphatic carbocycles. The molecule has 3 nitrogen and oxygen atoms in total. The maximum atomic E-state index is 11.5. The lowest BCUT2D eigenvalue weighted by Crippen LogP contribution is -2.14. The highest BCUT2D eigenvalue weighted by molar-refractivity contribution is 9.10. The Labute approximate surface area is 80.8 Å². The molecule has 2 rings (SSSR count). The van der Waals surface area contributed by atoms with Gasteiger partial charge in [-0.2, -0.15) is 0 Å². The van der Waals surface area contributed by atoms with Gasteiger partial charge in [-0.3, -0.25) is 4.79 Å². The predicted octanol–water partition coefficient (Wildman–Crippen LogP) is 1.76. The molecule has 0 saturated heterocycles. The van der Waals surface area contributed by atoms with E-state index in [-0.39, 0.29) is 5.56 Å². The molecule has 5 heteroatoms. The quantitative estimate of drug-likeness (QED) is 0.708. The SMILES string of the molecule is Cn1cc(Br)c2ncsc2c1=O. The summed E-state index contributed by atoms with van der Waals surface area (Å²) in [5.41, 5.74) is 2.44. The van der Waals surface area contributed by atoms with Gasteiger partial charge in [-0.25, -0.2) is 4.98 Å². The molecule has 0 spiro atoms. The number of hydrogen-bond acceptors (Lipinski definition) is 3. The zero-order valence-electron chi connectivity index (χ0n) is 6.24. The maximum Gasteiger partial charge on any atom is 0.269 e. The van der Waals surface area contributed by atoms with Gasteiger partial charge < -0.3 is 4.57 Å². The Kier molecular flexibility index (Phi) is 1.77. The standard InChI is InChI=1S/C7H5BrN2OS/c1-10-2-4(8)5-6(7(10)11)12-3-9-5/h2-3H,1H3. The van der Waals surface area contributed by atoms with Crippen molar-refractivity contribution in [3.05, 3.63) is 26.5 Å². The third-order valence-electron chi connectivity index (χ3n) is 1.62. The van der Waals surface area contributed by atoms with E-state index in [1.165, 1.54) is 11.3 Å². The molecule has 2 aromatic heterocycles. The van der Waals surface area contributed by atoms with Crippen LogP contribution in [0.5, 0.6) is 0 Å². The van der Waals surface area contributed by atoms with Crippen LogP contribution in [0.1, 0.15) is 0 Å². The molecule has 12 heavy (non-hydrogen) atoms. The van der Waals surface area contributed by atoms with Crippen LogP contribution in [0.4, 0.5) is 0 Å². The maximum absolute atomic E-state index is 11.5. The topological polar surface area (TPSA) is 34.9 Å². The van der Waals surface area contributed by atoms with Crippen LogP contribution in [-0.4, -0.2) is 9.55 Å². The number of aromatic nitrogens is 2. The molecule has 0 radical (unpaired) electrons. The Morgan fingerprint density at radius 3 is 3.17 bits per heavy atom. The minimum Gasteiger partial charge on any atom is -0.316 e. The first-order valence-corrected chi connectivity index (χ1v) is 4.96. The summed E-state index contributed by atoms with van der Waals surface area (Å²) >= 11 is 4.71. The first-order chi connectivity index (χ1) is 5.70. The second-order valence-electron chi connectivity index (χ2n) is 2.42. The summed E-state index contributed by atoms with van der Waals surface area (Å²) in [6.45, 7) is 0. The van der Waals surface area contributed by atoms with E-state index in [4.69, 9.17) is 0 Å². The van der Waals surface area contributed by atoms with Gasteiger partial charge in [-0.05, 0) is 15.9 Å². The van der Waals surface area contributed by atoms with Gasteiger partial charge in [0, 0.05) is 13.2 Å². The van der Waals surface area contributed by atoms with Gasteiger partial charge in [0.1, 0.15) is 10.2 Å². The number of nitrogens with zero attached hydrogens (tertiary/aromatic N) is 2. The molecule has 0 saturated carbocycles. The normalized spacial score (nSPS) is 10.8. The lowest BCUT2D eigenvalue weighted by atomic mass is 10.4. The third-order valence-corrected chi connectivity index (χ3v) is 3.01. The van der Waals surface area contributed by atoms with Crippen molar-refractivity contribution in [2.75, 3.05) is 0 Å². The summed E-state index contributed by atoms with van der Waals surface area (Å²) < 4.78 is 3.11. The molecule has 62 valence electrons. The van der Waals surface area contributed by atoms with Gasteiger partial charge in [0.2, 0.25) is 0 Å². The molecule has 2 heterocycles. The highest BCUT2D eigenvalue weighted by Crippen LogP contribution is 2.21. The molecule has 0 atom stereocenters. The van der Waals surface area contributed by atoms with E-state index >= 15 is 0 Å². The number of thiazole rings is 1. The highest BCUT2D eigenvalue weighted by atomic mass is 79.9. The van der Waals surface area contributed by atoms with E-state index in [0.717, 1.165) is 9.99 Å².